The minimum Gasteiger partial charge on any atom is -0.462 e. The van der Waals surface area contributed by atoms with E-state index in [4.69, 9.17) is 15.3 Å². The molecule has 0 bridgehead atoms. The number of fused-ring (bicyclic) bond motifs is 3. The Labute approximate surface area is 176 Å². The standard InChI is InChI=1S/C21H22N6O4/c1-3-27-16(10-12(2)25-27)20(30)24-21-23-15-11-14(19(22)29)13-6-9-31-18(13)17(15)26(21)7-4-5-8-28/h4-6,9-11,28H,3,7-8H2,1-2H3,(H2,22,29)(H,23,24,30)/b5-4+. The van der Waals surface area contributed by atoms with Crippen molar-refractivity contribution in [3.8, 4) is 0 Å². The molecule has 4 N–H and O–H groups in total. The van der Waals surface area contributed by atoms with Gasteiger partial charge in [-0.25, -0.2) is 4.98 Å². The first-order valence-electron chi connectivity index (χ1n) is 9.76. The number of anilines is 1. The second-order valence-corrected chi connectivity index (χ2v) is 6.96. The van der Waals surface area contributed by atoms with E-state index in [0.29, 0.717) is 40.8 Å². The number of benzene rings is 1. The van der Waals surface area contributed by atoms with Crippen LogP contribution in [0.15, 0.2) is 41.0 Å². The molecule has 31 heavy (non-hydrogen) atoms. The summed E-state index contributed by atoms with van der Waals surface area (Å²) in [5, 5.41) is 16.8. The van der Waals surface area contributed by atoms with Gasteiger partial charge in [0.05, 0.1) is 29.6 Å². The third kappa shape index (κ3) is 3.57. The average molecular weight is 422 g/mol. The van der Waals surface area contributed by atoms with Gasteiger partial charge in [-0.1, -0.05) is 12.2 Å². The molecule has 3 aromatic heterocycles. The molecule has 0 aliphatic rings. The van der Waals surface area contributed by atoms with Crippen LogP contribution in [0.2, 0.25) is 0 Å². The van der Waals surface area contributed by atoms with Crippen LogP contribution in [0.25, 0.3) is 22.0 Å². The SMILES string of the molecule is CCn1nc(C)cc1C(=O)Nc1nc2cc(C(N)=O)c3ccoc3c2n1C/C=C/CO. The number of nitrogens with one attached hydrogen (secondary N) is 1. The van der Waals surface area contributed by atoms with Crippen LogP contribution in [-0.2, 0) is 13.1 Å². The molecule has 10 nitrogen and oxygen atoms in total. The lowest BCUT2D eigenvalue weighted by Gasteiger charge is -2.09. The summed E-state index contributed by atoms with van der Waals surface area (Å²) < 4.78 is 9.00. The number of aliphatic hydroxyl groups is 1. The largest absolute Gasteiger partial charge is 0.462 e. The number of nitrogens with two attached hydrogens (primary N) is 1. The zero-order valence-electron chi connectivity index (χ0n) is 17.1. The number of hydrogen-bond donors (Lipinski definition) is 3. The maximum atomic E-state index is 13.0. The van der Waals surface area contributed by atoms with E-state index in [9.17, 15) is 9.59 Å². The van der Waals surface area contributed by atoms with Gasteiger partial charge in [0.2, 0.25) is 11.9 Å². The number of aliphatic hydroxyl groups excluding tert-OH is 1. The second kappa shape index (κ2) is 8.07. The molecule has 0 aliphatic carbocycles. The van der Waals surface area contributed by atoms with Crippen LogP contribution in [0.3, 0.4) is 0 Å². The van der Waals surface area contributed by atoms with Crippen molar-refractivity contribution >= 4 is 39.8 Å². The molecule has 160 valence electrons. The number of nitrogens with zero attached hydrogens (tertiary/aromatic N) is 4. The maximum absolute atomic E-state index is 13.0. The van der Waals surface area contributed by atoms with Gasteiger partial charge in [-0.2, -0.15) is 5.10 Å². The molecule has 0 fully saturated rings. The highest BCUT2D eigenvalue weighted by atomic mass is 16.3. The Hall–Kier alpha value is -3.92. The van der Waals surface area contributed by atoms with Gasteiger partial charge in [0.1, 0.15) is 11.2 Å². The van der Waals surface area contributed by atoms with Crippen LogP contribution in [-0.4, -0.2) is 42.9 Å². The van der Waals surface area contributed by atoms with E-state index in [0.717, 1.165) is 5.69 Å². The Morgan fingerprint density at radius 3 is 2.84 bits per heavy atom. The first-order valence-corrected chi connectivity index (χ1v) is 9.76. The Balaban J connectivity index is 1.87. The van der Waals surface area contributed by atoms with Gasteiger partial charge in [-0.3, -0.25) is 19.6 Å². The van der Waals surface area contributed by atoms with Gasteiger partial charge in [0, 0.05) is 18.5 Å². The van der Waals surface area contributed by atoms with Crippen molar-refractivity contribution < 1.29 is 19.1 Å². The van der Waals surface area contributed by atoms with Gasteiger partial charge in [0.25, 0.3) is 5.91 Å². The van der Waals surface area contributed by atoms with E-state index in [1.165, 1.54) is 6.26 Å². The van der Waals surface area contributed by atoms with Crippen LogP contribution in [0.4, 0.5) is 5.95 Å². The van der Waals surface area contributed by atoms with Crippen molar-refractivity contribution in [1.82, 2.24) is 19.3 Å². The first-order chi connectivity index (χ1) is 14.9. The highest BCUT2D eigenvalue weighted by molar-refractivity contribution is 6.14. The fourth-order valence-electron chi connectivity index (χ4n) is 3.60. The van der Waals surface area contributed by atoms with Gasteiger partial charge >= 0.3 is 0 Å². The summed E-state index contributed by atoms with van der Waals surface area (Å²) in [4.78, 5) is 29.4. The molecule has 3 heterocycles. The Kier molecular flexibility index (Phi) is 5.30. The number of aryl methyl sites for hydroxylation is 2. The number of allylic oxidation sites excluding steroid dienone is 1. The summed E-state index contributed by atoms with van der Waals surface area (Å²) in [6.45, 7) is 4.45. The van der Waals surface area contributed by atoms with Crippen molar-refractivity contribution in [2.24, 2.45) is 5.73 Å². The number of carbonyl (C=O) groups excluding carboxylic acids is 2. The van der Waals surface area contributed by atoms with Gasteiger partial charge in [-0.05, 0) is 32.0 Å². The molecule has 4 aromatic rings. The molecule has 0 aliphatic heterocycles. The van der Waals surface area contributed by atoms with Gasteiger partial charge in [-0.15, -0.1) is 0 Å². The van der Waals surface area contributed by atoms with Crippen LogP contribution in [0, 0.1) is 6.92 Å². The molecule has 2 amide bonds. The smallest absolute Gasteiger partial charge is 0.276 e. The molecule has 4 rings (SSSR count). The minimum absolute atomic E-state index is 0.120. The van der Waals surface area contributed by atoms with E-state index in [2.05, 4.69) is 15.4 Å². The van der Waals surface area contributed by atoms with Crippen molar-refractivity contribution in [3.63, 3.8) is 0 Å². The second-order valence-electron chi connectivity index (χ2n) is 6.96. The van der Waals surface area contributed by atoms with Crippen LogP contribution in [0.1, 0.15) is 33.5 Å². The zero-order chi connectivity index (χ0) is 22.1. The number of aromatic nitrogens is 4. The maximum Gasteiger partial charge on any atom is 0.276 e. The van der Waals surface area contributed by atoms with Crippen LogP contribution < -0.4 is 11.1 Å². The van der Waals surface area contributed by atoms with E-state index >= 15 is 0 Å². The quantitative estimate of drug-likeness (QED) is 0.390. The normalized spacial score (nSPS) is 11.7. The van der Waals surface area contributed by atoms with Crippen molar-refractivity contribution in [2.75, 3.05) is 11.9 Å². The van der Waals surface area contributed by atoms with Crippen molar-refractivity contribution in [2.45, 2.75) is 26.9 Å². The molecule has 0 spiro atoms. The number of carbonyl (C=O) groups is 2. The molecule has 0 unspecified atom stereocenters. The molecular weight excluding hydrogens is 400 g/mol. The predicted octanol–water partition coefficient (Wildman–Crippen LogP) is 2.21. The van der Waals surface area contributed by atoms with Gasteiger partial charge < -0.3 is 19.8 Å². The van der Waals surface area contributed by atoms with E-state index in [1.54, 1.807) is 39.6 Å². The lowest BCUT2D eigenvalue weighted by atomic mass is 10.1. The fraction of sp³-hybridized carbons (Fsp3) is 0.238. The van der Waals surface area contributed by atoms with Crippen LogP contribution in [0.5, 0.6) is 0 Å². The van der Waals surface area contributed by atoms with E-state index in [-0.39, 0.29) is 24.0 Å². The molecular formula is C21H22N6O4. The molecule has 1 aromatic carbocycles. The fourth-order valence-corrected chi connectivity index (χ4v) is 3.60. The highest BCUT2D eigenvalue weighted by Gasteiger charge is 2.22. The van der Waals surface area contributed by atoms with Crippen LogP contribution >= 0.6 is 0 Å². The van der Waals surface area contributed by atoms with Gasteiger partial charge in [0.15, 0.2) is 5.58 Å². The van der Waals surface area contributed by atoms with Crippen molar-refractivity contribution in [1.29, 1.82) is 0 Å². The van der Waals surface area contributed by atoms with Crippen molar-refractivity contribution in [3.05, 3.63) is 53.6 Å². The molecule has 0 saturated heterocycles. The third-order valence-electron chi connectivity index (χ3n) is 4.93. The summed E-state index contributed by atoms with van der Waals surface area (Å²) in [6.07, 6.45) is 4.80. The Morgan fingerprint density at radius 1 is 1.32 bits per heavy atom. The zero-order valence-corrected chi connectivity index (χ0v) is 17.1. The van der Waals surface area contributed by atoms with E-state index in [1.807, 2.05) is 13.8 Å². The number of imidazole rings is 1. The lowest BCUT2D eigenvalue weighted by molar-refractivity contribution is 0.0997. The summed E-state index contributed by atoms with van der Waals surface area (Å²) in [6, 6.07) is 4.95. The monoisotopic (exact) mass is 422 g/mol. The predicted molar refractivity (Wildman–Crippen MR) is 115 cm³/mol. The number of furan rings is 1. The molecule has 10 heteroatoms. The lowest BCUT2D eigenvalue weighted by Crippen LogP contribution is -2.19. The number of rotatable bonds is 7. The molecule has 0 saturated carbocycles. The van der Waals surface area contributed by atoms with E-state index < -0.39 is 5.91 Å². The number of hydrogen-bond acceptors (Lipinski definition) is 6. The first kappa shape index (κ1) is 20.4. The summed E-state index contributed by atoms with van der Waals surface area (Å²) in [5.41, 5.74) is 8.44. The Morgan fingerprint density at radius 2 is 2.13 bits per heavy atom. The summed E-state index contributed by atoms with van der Waals surface area (Å²) in [7, 11) is 0. The number of primary amides is 1. The molecule has 0 radical (unpaired) electrons. The summed E-state index contributed by atoms with van der Waals surface area (Å²) in [5.74, 6) is -0.699. The minimum atomic E-state index is -0.601. The number of amides is 2. The molecule has 0 atom stereocenters. The highest BCUT2D eigenvalue weighted by Crippen LogP contribution is 2.32. The summed E-state index contributed by atoms with van der Waals surface area (Å²) >= 11 is 0. The topological polar surface area (TPSA) is 141 Å². The average Bonchev–Trinajstić information content (AvgIpc) is 3.44. The third-order valence-corrected chi connectivity index (χ3v) is 4.93. The Bertz CT molecular complexity index is 1330.